The topological polar surface area (TPSA) is 86.7 Å². The Morgan fingerprint density at radius 3 is 2.12 bits per heavy atom. The Balaban J connectivity index is 0.00000363. The molecule has 164 valence electrons. The van der Waals surface area contributed by atoms with Gasteiger partial charge >= 0.3 is 51.4 Å². The van der Waals surface area contributed by atoms with Crippen molar-refractivity contribution in [3.63, 3.8) is 0 Å². The van der Waals surface area contributed by atoms with Crippen molar-refractivity contribution in [1.29, 1.82) is 0 Å². The van der Waals surface area contributed by atoms with E-state index < -0.39 is 5.97 Å². The smallest absolute Gasteiger partial charge is 0.550 e. The first kappa shape index (κ1) is 26.7. The molecule has 1 aliphatic rings. The van der Waals surface area contributed by atoms with Crippen LogP contribution in [0.1, 0.15) is 79.0 Å². The third kappa shape index (κ3) is 6.75. The number of hydrogen-bond acceptors (Lipinski definition) is 5. The van der Waals surface area contributed by atoms with Crippen LogP contribution in [0.5, 0.6) is 5.75 Å². The van der Waals surface area contributed by atoms with Gasteiger partial charge in [0.15, 0.2) is 0 Å². The molecule has 0 aromatic heterocycles. The fraction of sp³-hybridized carbons (Fsp3) is 0.400. The van der Waals surface area contributed by atoms with Gasteiger partial charge in [-0.25, -0.2) is 4.90 Å². The predicted molar refractivity (Wildman–Crippen MR) is 116 cm³/mol. The monoisotopic (exact) mass is 461 g/mol. The van der Waals surface area contributed by atoms with E-state index in [2.05, 4.69) is 6.92 Å². The first-order valence-electron chi connectivity index (χ1n) is 11.0. The number of carboxylic acids is 1. The Hall–Kier alpha value is -1.51. The van der Waals surface area contributed by atoms with Gasteiger partial charge in [0.25, 0.3) is 11.8 Å². The summed E-state index contributed by atoms with van der Waals surface area (Å²) >= 11 is 0. The molecule has 6 nitrogen and oxygen atoms in total. The number of carbonyl (C=O) groups excluding carboxylic acids is 3. The average Bonchev–Trinajstić information content (AvgIpc) is 3.02. The number of hydrogen-bond donors (Lipinski definition) is 0. The Labute approximate surface area is 231 Å². The number of ether oxygens (including phenoxy) is 1. The molecule has 0 aliphatic carbocycles. The van der Waals surface area contributed by atoms with Crippen LogP contribution in [0.4, 0.5) is 5.69 Å². The Kier molecular flexibility index (Phi) is 11.1. The van der Waals surface area contributed by atoms with Gasteiger partial charge in [0.1, 0.15) is 5.75 Å². The van der Waals surface area contributed by atoms with Gasteiger partial charge in [-0.2, -0.15) is 0 Å². The molecule has 2 aromatic rings. The van der Waals surface area contributed by atoms with Crippen molar-refractivity contribution in [1.82, 2.24) is 0 Å². The van der Waals surface area contributed by atoms with Crippen molar-refractivity contribution < 1.29 is 75.6 Å². The van der Waals surface area contributed by atoms with E-state index in [0.717, 1.165) is 30.6 Å². The molecule has 0 radical (unpaired) electrons. The van der Waals surface area contributed by atoms with Gasteiger partial charge in [0.2, 0.25) is 0 Å². The molecule has 32 heavy (non-hydrogen) atoms. The third-order valence-corrected chi connectivity index (χ3v) is 5.49. The Morgan fingerprint density at radius 1 is 0.906 bits per heavy atom. The predicted octanol–water partition coefficient (Wildman–Crippen LogP) is 1.13. The van der Waals surface area contributed by atoms with Crippen LogP contribution in [0.2, 0.25) is 0 Å². The standard InChI is InChI=1S/C25H29NO5.K/c1-2-3-4-5-6-11-18(16-17-23(27)28)31-22-15-10-9-14-21(22)26-24(29)19-12-7-8-13-20(19)25(26)30;/h7-10,12-15,18H,2-6,11,16-17H2,1H3,(H,27,28);/q;+1/p-1. The number of amides is 2. The normalized spacial score (nSPS) is 13.5. The maximum absolute atomic E-state index is 12.9. The molecule has 0 fully saturated rings. The minimum absolute atomic E-state index is 0. The average molecular weight is 462 g/mol. The van der Waals surface area contributed by atoms with E-state index in [1.165, 1.54) is 6.42 Å². The zero-order valence-corrected chi connectivity index (χ0v) is 22.0. The summed E-state index contributed by atoms with van der Waals surface area (Å²) in [5.74, 6) is -1.49. The summed E-state index contributed by atoms with van der Waals surface area (Å²) in [6.07, 6.45) is 6.01. The van der Waals surface area contributed by atoms with E-state index in [4.69, 9.17) is 4.74 Å². The number of aliphatic carboxylic acids is 1. The molecular weight excluding hydrogens is 433 g/mol. The summed E-state index contributed by atoms with van der Waals surface area (Å²) < 4.78 is 6.17. The Bertz CT molecular complexity index is 910. The van der Waals surface area contributed by atoms with Crippen molar-refractivity contribution in [2.45, 2.75) is 64.4 Å². The molecule has 2 aromatic carbocycles. The van der Waals surface area contributed by atoms with Crippen LogP contribution in [0.25, 0.3) is 0 Å². The number of nitrogens with zero attached hydrogens (tertiary/aromatic N) is 1. The molecule has 0 saturated carbocycles. The second-order valence-electron chi connectivity index (χ2n) is 7.81. The van der Waals surface area contributed by atoms with E-state index in [-0.39, 0.29) is 75.7 Å². The fourth-order valence-electron chi connectivity index (χ4n) is 3.85. The van der Waals surface area contributed by atoms with Gasteiger partial charge < -0.3 is 14.6 Å². The second-order valence-corrected chi connectivity index (χ2v) is 7.81. The summed E-state index contributed by atoms with van der Waals surface area (Å²) in [4.78, 5) is 37.9. The third-order valence-electron chi connectivity index (χ3n) is 5.49. The summed E-state index contributed by atoms with van der Waals surface area (Å²) in [7, 11) is 0. The zero-order chi connectivity index (χ0) is 22.2. The van der Waals surface area contributed by atoms with Gasteiger partial charge in [0, 0.05) is 5.97 Å². The number of anilines is 1. The van der Waals surface area contributed by atoms with Crippen LogP contribution >= 0.6 is 0 Å². The minimum atomic E-state index is -1.12. The molecule has 7 heteroatoms. The molecular formula is C25H28KNO5. The van der Waals surface area contributed by atoms with Crippen molar-refractivity contribution in [3.05, 3.63) is 59.7 Å². The molecule has 0 saturated heterocycles. The molecule has 2 amide bonds. The first-order chi connectivity index (χ1) is 15.0. The number of carboxylic acid groups (broad SMARTS) is 1. The summed E-state index contributed by atoms with van der Waals surface area (Å²) in [5, 5.41) is 11.0. The van der Waals surface area contributed by atoms with Crippen molar-refractivity contribution in [3.8, 4) is 5.75 Å². The fourth-order valence-corrected chi connectivity index (χ4v) is 3.85. The SMILES string of the molecule is CCCCCCCC(CCC(=O)[O-])Oc1ccccc1N1C(=O)c2ccccc2C1=O.[K+]. The van der Waals surface area contributed by atoms with Gasteiger partial charge in [-0.1, -0.05) is 56.9 Å². The van der Waals surface area contributed by atoms with E-state index in [1.54, 1.807) is 48.5 Å². The van der Waals surface area contributed by atoms with Crippen molar-refractivity contribution >= 4 is 23.5 Å². The minimum Gasteiger partial charge on any atom is -0.550 e. The van der Waals surface area contributed by atoms with Crippen LogP contribution < -0.4 is 66.1 Å². The van der Waals surface area contributed by atoms with Gasteiger partial charge in [-0.05, 0) is 49.9 Å². The number of benzene rings is 2. The second kappa shape index (κ2) is 13.3. The largest absolute Gasteiger partial charge is 1.00 e. The molecule has 0 bridgehead atoms. The molecule has 0 N–H and O–H groups in total. The van der Waals surface area contributed by atoms with Gasteiger partial charge in [-0.3, -0.25) is 9.59 Å². The van der Waals surface area contributed by atoms with Crippen molar-refractivity contribution in [2.24, 2.45) is 0 Å². The molecule has 1 heterocycles. The quantitative estimate of drug-likeness (QED) is 0.269. The van der Waals surface area contributed by atoms with Crippen LogP contribution in [-0.2, 0) is 4.79 Å². The molecule has 3 rings (SSSR count). The number of rotatable bonds is 12. The van der Waals surface area contributed by atoms with Gasteiger partial charge in [0.05, 0.1) is 22.9 Å². The first-order valence-corrected chi connectivity index (χ1v) is 11.0. The Morgan fingerprint density at radius 2 is 1.50 bits per heavy atom. The van der Waals surface area contributed by atoms with Crippen LogP contribution in [0.15, 0.2) is 48.5 Å². The molecule has 1 unspecified atom stereocenters. The molecule has 1 aliphatic heterocycles. The van der Waals surface area contributed by atoms with Crippen LogP contribution in [0, 0.1) is 0 Å². The molecule has 0 spiro atoms. The van der Waals surface area contributed by atoms with E-state index in [0.29, 0.717) is 35.4 Å². The number of para-hydroxylation sites is 2. The number of fused-ring (bicyclic) bond motifs is 1. The van der Waals surface area contributed by atoms with E-state index >= 15 is 0 Å². The number of imide groups is 1. The van der Waals surface area contributed by atoms with Crippen LogP contribution in [0.3, 0.4) is 0 Å². The van der Waals surface area contributed by atoms with E-state index in [9.17, 15) is 19.5 Å². The van der Waals surface area contributed by atoms with Crippen LogP contribution in [-0.4, -0.2) is 23.9 Å². The van der Waals surface area contributed by atoms with Crippen molar-refractivity contribution in [2.75, 3.05) is 4.90 Å². The number of carbonyl (C=O) groups is 3. The summed E-state index contributed by atoms with van der Waals surface area (Å²) in [6, 6.07) is 13.6. The molecule has 1 atom stereocenters. The summed E-state index contributed by atoms with van der Waals surface area (Å²) in [6.45, 7) is 2.15. The summed E-state index contributed by atoms with van der Waals surface area (Å²) in [5.41, 5.74) is 1.11. The van der Waals surface area contributed by atoms with Gasteiger partial charge in [-0.15, -0.1) is 0 Å². The maximum Gasteiger partial charge on any atom is 1.00 e. The maximum atomic E-state index is 12.9. The van der Waals surface area contributed by atoms with E-state index in [1.807, 2.05) is 0 Å². The zero-order valence-electron chi connectivity index (χ0n) is 18.8. The number of unbranched alkanes of at least 4 members (excludes halogenated alkanes) is 4.